The zero-order chi connectivity index (χ0) is 26.2. The number of fused-ring (bicyclic) bond motifs is 2. The van der Waals surface area contributed by atoms with Crippen LogP contribution in [0.4, 0.5) is 10.1 Å². The second-order valence-electron chi connectivity index (χ2n) is 9.51. The van der Waals surface area contributed by atoms with Crippen molar-refractivity contribution in [2.75, 3.05) is 31.1 Å². The molecule has 5 aromatic rings. The first-order valence-electron chi connectivity index (χ1n) is 12.5. The number of nitrogens with zero attached hydrogens (tertiary/aromatic N) is 6. The highest BCUT2D eigenvalue weighted by Crippen LogP contribution is 2.40. The molecule has 0 bridgehead atoms. The van der Waals surface area contributed by atoms with Gasteiger partial charge in [-0.25, -0.2) is 19.3 Å². The first kappa shape index (κ1) is 24.2. The lowest BCUT2D eigenvalue weighted by atomic mass is 9.92. The summed E-state index contributed by atoms with van der Waals surface area (Å²) in [6, 6.07) is 11.6. The highest BCUT2D eigenvalue weighted by Gasteiger charge is 2.27. The number of pyridine rings is 1. The Morgan fingerprint density at radius 3 is 2.66 bits per heavy atom. The number of piperazine rings is 1. The molecule has 38 heavy (non-hydrogen) atoms. The number of aromatic nitrogens is 5. The summed E-state index contributed by atoms with van der Waals surface area (Å²) in [6.07, 6.45) is 5.61. The molecule has 10 heteroatoms. The molecule has 1 N–H and O–H groups in total. The number of imidazole rings is 1. The molecule has 192 valence electrons. The smallest absolute Gasteiger partial charge is 0.253 e. The van der Waals surface area contributed by atoms with Gasteiger partial charge in [0, 0.05) is 43.3 Å². The van der Waals surface area contributed by atoms with Crippen LogP contribution in [0.1, 0.15) is 34.5 Å². The number of hydrogen-bond acceptors (Lipinski definition) is 6. The summed E-state index contributed by atoms with van der Waals surface area (Å²) >= 11 is 6.76. The van der Waals surface area contributed by atoms with E-state index in [0.29, 0.717) is 48.8 Å². The first-order chi connectivity index (χ1) is 18.5. The van der Waals surface area contributed by atoms with Crippen LogP contribution in [-0.2, 0) is 6.42 Å². The van der Waals surface area contributed by atoms with Crippen LogP contribution in [0.5, 0.6) is 0 Å². The number of aromatic amines is 1. The number of benzene rings is 2. The summed E-state index contributed by atoms with van der Waals surface area (Å²) < 4.78 is 13.3. The predicted octanol–water partition coefficient (Wildman–Crippen LogP) is 5.00. The summed E-state index contributed by atoms with van der Waals surface area (Å²) in [7, 11) is 0. The molecule has 1 unspecified atom stereocenters. The SMILES string of the molecule is CC(Cc1ncnc2nc[nH]c12)c1cc(Cl)c2cccnc2c1N1CCN(C(=O)c2ccc(F)cc2)CC1. The highest BCUT2D eigenvalue weighted by atomic mass is 35.5. The predicted molar refractivity (Wildman–Crippen MR) is 145 cm³/mol. The lowest BCUT2D eigenvalue weighted by Gasteiger charge is -2.38. The topological polar surface area (TPSA) is 90.9 Å². The molecule has 1 atom stereocenters. The normalized spacial score (nSPS) is 14.8. The summed E-state index contributed by atoms with van der Waals surface area (Å²) in [5.41, 5.74) is 5.80. The summed E-state index contributed by atoms with van der Waals surface area (Å²) in [5, 5.41) is 1.54. The molecule has 1 amide bonds. The van der Waals surface area contributed by atoms with E-state index in [-0.39, 0.29) is 17.6 Å². The maximum absolute atomic E-state index is 13.3. The molecule has 1 saturated heterocycles. The van der Waals surface area contributed by atoms with Crippen LogP contribution in [-0.4, -0.2) is 61.9 Å². The van der Waals surface area contributed by atoms with Crippen LogP contribution < -0.4 is 4.90 Å². The van der Waals surface area contributed by atoms with Gasteiger partial charge in [0.2, 0.25) is 0 Å². The zero-order valence-electron chi connectivity index (χ0n) is 20.7. The van der Waals surface area contributed by atoms with E-state index in [9.17, 15) is 9.18 Å². The van der Waals surface area contributed by atoms with Crippen LogP contribution in [0.15, 0.2) is 61.3 Å². The Morgan fingerprint density at radius 1 is 1.08 bits per heavy atom. The Labute approximate surface area is 223 Å². The van der Waals surface area contributed by atoms with Gasteiger partial charge in [0.15, 0.2) is 5.65 Å². The van der Waals surface area contributed by atoms with Gasteiger partial charge in [0.25, 0.3) is 5.91 Å². The van der Waals surface area contributed by atoms with Crippen LogP contribution in [0.25, 0.3) is 22.1 Å². The lowest BCUT2D eigenvalue weighted by molar-refractivity contribution is 0.0746. The Bertz CT molecular complexity index is 1630. The molecule has 3 aromatic heterocycles. The zero-order valence-corrected chi connectivity index (χ0v) is 21.5. The molecule has 0 aliphatic carbocycles. The number of halogens is 2. The minimum atomic E-state index is -0.356. The molecule has 0 radical (unpaired) electrons. The number of H-pyrrole nitrogens is 1. The fourth-order valence-electron chi connectivity index (χ4n) is 5.19. The first-order valence-corrected chi connectivity index (χ1v) is 12.9. The van der Waals surface area contributed by atoms with E-state index in [1.54, 1.807) is 18.9 Å². The largest absolute Gasteiger partial charge is 0.366 e. The second kappa shape index (κ2) is 9.98. The van der Waals surface area contributed by atoms with Crippen molar-refractivity contribution in [3.05, 3.63) is 89.0 Å². The highest BCUT2D eigenvalue weighted by molar-refractivity contribution is 6.36. The van der Waals surface area contributed by atoms with Crippen LogP contribution >= 0.6 is 11.6 Å². The second-order valence-corrected chi connectivity index (χ2v) is 9.92. The van der Waals surface area contributed by atoms with Crippen molar-refractivity contribution in [3.63, 3.8) is 0 Å². The number of carbonyl (C=O) groups excluding carboxylic acids is 1. The molecule has 8 nitrogen and oxygen atoms in total. The van der Waals surface area contributed by atoms with Crippen molar-refractivity contribution in [3.8, 4) is 0 Å². The van der Waals surface area contributed by atoms with E-state index in [2.05, 4.69) is 31.8 Å². The van der Waals surface area contributed by atoms with Gasteiger partial charge >= 0.3 is 0 Å². The molecule has 1 aliphatic heterocycles. The molecule has 0 spiro atoms. The van der Waals surface area contributed by atoms with Gasteiger partial charge < -0.3 is 14.8 Å². The Morgan fingerprint density at radius 2 is 1.87 bits per heavy atom. The Kier molecular flexibility index (Phi) is 6.37. The summed E-state index contributed by atoms with van der Waals surface area (Å²) in [4.78, 5) is 38.0. The molecule has 4 heterocycles. The minimum absolute atomic E-state index is 0.0641. The average molecular weight is 530 g/mol. The maximum atomic E-state index is 13.3. The van der Waals surface area contributed by atoms with Gasteiger partial charge in [-0.05, 0) is 60.4 Å². The van der Waals surface area contributed by atoms with Gasteiger partial charge in [-0.3, -0.25) is 9.78 Å². The fourth-order valence-corrected chi connectivity index (χ4v) is 5.46. The van der Waals surface area contributed by atoms with Gasteiger partial charge in [-0.1, -0.05) is 18.5 Å². The Hall–Kier alpha value is -4.11. The van der Waals surface area contributed by atoms with E-state index < -0.39 is 0 Å². The number of nitrogens with one attached hydrogen (secondary N) is 1. The van der Waals surface area contributed by atoms with E-state index in [1.165, 1.54) is 24.3 Å². The van der Waals surface area contributed by atoms with Crippen molar-refractivity contribution in [2.24, 2.45) is 0 Å². The molecular weight excluding hydrogens is 505 g/mol. The Balaban J connectivity index is 1.32. The molecular formula is C28H25ClFN7O. The van der Waals surface area contributed by atoms with E-state index in [4.69, 9.17) is 16.6 Å². The quantitative estimate of drug-likeness (QED) is 0.344. The van der Waals surface area contributed by atoms with Gasteiger partial charge in [0.1, 0.15) is 17.7 Å². The monoisotopic (exact) mass is 529 g/mol. The van der Waals surface area contributed by atoms with Gasteiger partial charge in [-0.15, -0.1) is 0 Å². The third kappa shape index (κ3) is 4.43. The number of carbonyl (C=O) groups is 1. The fraction of sp³-hybridized carbons (Fsp3) is 0.250. The number of anilines is 1. The van der Waals surface area contributed by atoms with Crippen molar-refractivity contribution >= 4 is 45.3 Å². The maximum Gasteiger partial charge on any atom is 0.253 e. The van der Waals surface area contributed by atoms with Crippen LogP contribution in [0.2, 0.25) is 5.02 Å². The number of rotatable bonds is 5. The number of amides is 1. The molecule has 1 fully saturated rings. The van der Waals surface area contributed by atoms with Crippen molar-refractivity contribution in [1.29, 1.82) is 0 Å². The molecule has 2 aromatic carbocycles. The van der Waals surface area contributed by atoms with E-state index in [0.717, 1.165) is 33.4 Å². The summed E-state index contributed by atoms with van der Waals surface area (Å²) in [6.45, 7) is 4.52. The standard InChI is InChI=1S/C28H25ClFN7O/c1-17(13-23-25-27(34-15-32-23)35-16-33-25)21-14-22(29)20-3-2-8-31-24(20)26(21)36-9-11-37(12-10-36)28(38)18-4-6-19(30)7-5-18/h2-8,14-17H,9-13H2,1H3,(H,32,33,34,35). The lowest BCUT2D eigenvalue weighted by Crippen LogP contribution is -2.49. The van der Waals surface area contributed by atoms with Crippen LogP contribution in [0.3, 0.4) is 0 Å². The van der Waals surface area contributed by atoms with Gasteiger partial charge in [-0.2, -0.15) is 0 Å². The minimum Gasteiger partial charge on any atom is -0.366 e. The van der Waals surface area contributed by atoms with Crippen LogP contribution in [0, 0.1) is 5.82 Å². The van der Waals surface area contributed by atoms with Gasteiger partial charge in [0.05, 0.1) is 28.2 Å². The van der Waals surface area contributed by atoms with Crippen molar-refractivity contribution < 1.29 is 9.18 Å². The third-order valence-corrected chi connectivity index (χ3v) is 7.46. The third-order valence-electron chi connectivity index (χ3n) is 7.15. The summed E-state index contributed by atoms with van der Waals surface area (Å²) in [5.74, 6) is -0.385. The average Bonchev–Trinajstić information content (AvgIpc) is 3.43. The number of hydrogen-bond donors (Lipinski definition) is 1. The van der Waals surface area contributed by atoms with E-state index in [1.807, 2.05) is 23.1 Å². The molecule has 1 aliphatic rings. The van der Waals surface area contributed by atoms with Crippen molar-refractivity contribution in [1.82, 2.24) is 29.8 Å². The molecule has 6 rings (SSSR count). The molecule has 0 saturated carbocycles. The van der Waals surface area contributed by atoms with E-state index >= 15 is 0 Å². The van der Waals surface area contributed by atoms with Crippen molar-refractivity contribution in [2.45, 2.75) is 19.3 Å².